The lowest BCUT2D eigenvalue weighted by molar-refractivity contribution is -0.274. The Bertz CT molecular complexity index is 392. The summed E-state index contributed by atoms with van der Waals surface area (Å²) in [6, 6.07) is 6.15. The third-order valence-corrected chi connectivity index (χ3v) is 2.25. The second-order valence-corrected chi connectivity index (χ2v) is 3.39. The maximum absolute atomic E-state index is 12.2. The number of ether oxygens (including phenoxy) is 1. The smallest absolute Gasteiger partial charge is 0.404 e. The molecule has 1 aromatic carbocycles. The first-order valence-corrected chi connectivity index (χ1v) is 4.81. The van der Waals surface area contributed by atoms with Crippen molar-refractivity contribution in [2.75, 3.05) is 18.0 Å². The molecule has 1 heterocycles. The fourth-order valence-electron chi connectivity index (χ4n) is 1.60. The largest absolute Gasteiger partial charge is 0.573 e. The van der Waals surface area contributed by atoms with Gasteiger partial charge in [0.05, 0.1) is 5.69 Å². The Morgan fingerprint density at radius 1 is 1.06 bits per heavy atom. The van der Waals surface area contributed by atoms with Crippen molar-refractivity contribution in [3.8, 4) is 5.75 Å². The zero-order chi connectivity index (χ0) is 11.6. The normalized spacial score (nSPS) is 15.6. The molecule has 0 saturated carbocycles. The molecule has 16 heavy (non-hydrogen) atoms. The van der Waals surface area contributed by atoms with Gasteiger partial charge in [-0.25, -0.2) is 0 Å². The Morgan fingerprint density at radius 2 is 1.69 bits per heavy atom. The van der Waals surface area contributed by atoms with Crippen molar-refractivity contribution in [2.24, 2.45) is 0 Å². The molecule has 86 valence electrons. The summed E-state index contributed by atoms with van der Waals surface area (Å²) in [6.45, 7) is 1.22. The summed E-state index contributed by atoms with van der Waals surface area (Å²) in [6.07, 6.45) is -0.835. The number of anilines is 1. The minimum absolute atomic E-state index is 0.154. The summed E-state index contributed by atoms with van der Waals surface area (Å²) >= 11 is 0. The van der Waals surface area contributed by atoms with E-state index in [-0.39, 0.29) is 5.75 Å². The molecule has 5 heteroatoms. The molecular formula is C11H10F3NO. The van der Waals surface area contributed by atoms with Crippen LogP contribution in [0.5, 0.6) is 5.75 Å². The van der Waals surface area contributed by atoms with Crippen molar-refractivity contribution < 1.29 is 17.9 Å². The molecule has 2 rings (SSSR count). The topological polar surface area (TPSA) is 12.5 Å². The van der Waals surface area contributed by atoms with Gasteiger partial charge in [-0.15, -0.1) is 13.2 Å². The van der Waals surface area contributed by atoms with Crippen LogP contribution >= 0.6 is 0 Å². The van der Waals surface area contributed by atoms with Crippen LogP contribution in [0.4, 0.5) is 18.9 Å². The summed E-state index contributed by atoms with van der Waals surface area (Å²) in [5.41, 5.74) is 0.463. The summed E-state index contributed by atoms with van der Waals surface area (Å²) in [4.78, 5) is 1.81. The molecule has 0 aliphatic carbocycles. The van der Waals surface area contributed by atoms with Crippen molar-refractivity contribution in [1.29, 1.82) is 0 Å². The average molecular weight is 229 g/mol. The molecule has 2 nitrogen and oxygen atoms in total. The summed E-state index contributed by atoms with van der Waals surface area (Å²) < 4.78 is 40.4. The van der Waals surface area contributed by atoms with Crippen molar-refractivity contribution >= 4 is 5.69 Å². The number of alkyl halides is 3. The van der Waals surface area contributed by atoms with E-state index in [1.165, 1.54) is 12.1 Å². The van der Waals surface area contributed by atoms with Gasteiger partial charge in [0, 0.05) is 13.1 Å². The van der Waals surface area contributed by atoms with E-state index < -0.39 is 6.36 Å². The molecule has 0 radical (unpaired) electrons. The van der Waals surface area contributed by atoms with Crippen LogP contribution in [0, 0.1) is 0 Å². The van der Waals surface area contributed by atoms with E-state index in [9.17, 15) is 13.2 Å². The van der Waals surface area contributed by atoms with Crippen LogP contribution in [-0.2, 0) is 0 Å². The number of hydrogen-bond acceptors (Lipinski definition) is 2. The van der Waals surface area contributed by atoms with Crippen LogP contribution < -0.4 is 9.64 Å². The second-order valence-electron chi connectivity index (χ2n) is 3.39. The first-order valence-electron chi connectivity index (χ1n) is 4.81. The SMILES string of the molecule is FC(F)(F)Oc1ccccc1N1CC=CC1. The van der Waals surface area contributed by atoms with Crippen molar-refractivity contribution in [2.45, 2.75) is 6.36 Å². The molecule has 1 aromatic rings. The zero-order valence-electron chi connectivity index (χ0n) is 8.37. The average Bonchev–Trinajstić information content (AvgIpc) is 2.69. The maximum Gasteiger partial charge on any atom is 0.573 e. The summed E-state index contributed by atoms with van der Waals surface area (Å²) in [5, 5.41) is 0. The van der Waals surface area contributed by atoms with Gasteiger partial charge in [0.1, 0.15) is 0 Å². The van der Waals surface area contributed by atoms with Crippen molar-refractivity contribution in [3.63, 3.8) is 0 Å². The molecule has 0 saturated heterocycles. The lowest BCUT2D eigenvalue weighted by atomic mass is 10.2. The van der Waals surface area contributed by atoms with Crippen LogP contribution in [0.1, 0.15) is 0 Å². The van der Waals surface area contributed by atoms with E-state index in [0.717, 1.165) is 0 Å². The first kappa shape index (κ1) is 10.9. The monoisotopic (exact) mass is 229 g/mol. The summed E-state index contributed by atoms with van der Waals surface area (Å²) in [5.74, 6) is -0.154. The molecule has 0 bridgehead atoms. The quantitative estimate of drug-likeness (QED) is 0.723. The Hall–Kier alpha value is -1.65. The van der Waals surface area contributed by atoms with Gasteiger partial charge < -0.3 is 9.64 Å². The van der Waals surface area contributed by atoms with Crippen LogP contribution in [0.2, 0.25) is 0 Å². The molecule has 0 N–H and O–H groups in total. The van der Waals surface area contributed by atoms with Crippen molar-refractivity contribution in [1.82, 2.24) is 0 Å². The molecule has 1 aliphatic rings. The number of hydrogen-bond donors (Lipinski definition) is 0. The van der Waals surface area contributed by atoms with E-state index in [1.54, 1.807) is 17.0 Å². The highest BCUT2D eigenvalue weighted by Crippen LogP contribution is 2.33. The highest BCUT2D eigenvalue weighted by Gasteiger charge is 2.32. The Labute approximate surface area is 90.9 Å². The Morgan fingerprint density at radius 3 is 2.31 bits per heavy atom. The lowest BCUT2D eigenvalue weighted by Gasteiger charge is -2.21. The molecule has 0 fully saturated rings. The van der Waals surface area contributed by atoms with Gasteiger partial charge in [0.2, 0.25) is 0 Å². The van der Waals surface area contributed by atoms with Gasteiger partial charge in [0.25, 0.3) is 0 Å². The van der Waals surface area contributed by atoms with Crippen LogP contribution in [0.15, 0.2) is 36.4 Å². The zero-order valence-corrected chi connectivity index (χ0v) is 8.37. The lowest BCUT2D eigenvalue weighted by Crippen LogP contribution is -2.23. The molecule has 0 amide bonds. The molecule has 0 spiro atoms. The molecule has 1 aliphatic heterocycles. The Kier molecular flexibility index (Phi) is 2.77. The predicted octanol–water partition coefficient (Wildman–Crippen LogP) is 2.96. The highest BCUT2D eigenvalue weighted by molar-refractivity contribution is 5.60. The minimum Gasteiger partial charge on any atom is -0.404 e. The third-order valence-electron chi connectivity index (χ3n) is 2.25. The van der Waals surface area contributed by atoms with Gasteiger partial charge in [0.15, 0.2) is 5.75 Å². The molecule has 0 aromatic heterocycles. The second kappa shape index (κ2) is 4.08. The van der Waals surface area contributed by atoms with Gasteiger partial charge in [-0.1, -0.05) is 24.3 Å². The molecule has 0 atom stereocenters. The number of rotatable bonds is 2. The third kappa shape index (κ3) is 2.48. The van der Waals surface area contributed by atoms with Crippen LogP contribution in [0.3, 0.4) is 0 Å². The van der Waals surface area contributed by atoms with Crippen LogP contribution in [-0.4, -0.2) is 19.5 Å². The molecule has 0 unspecified atom stereocenters. The van der Waals surface area contributed by atoms with Gasteiger partial charge >= 0.3 is 6.36 Å². The minimum atomic E-state index is -4.65. The number of benzene rings is 1. The number of nitrogens with zero attached hydrogens (tertiary/aromatic N) is 1. The van der Waals surface area contributed by atoms with Gasteiger partial charge in [-0.3, -0.25) is 0 Å². The maximum atomic E-state index is 12.2. The number of para-hydroxylation sites is 2. The summed E-state index contributed by atoms with van der Waals surface area (Å²) in [7, 11) is 0. The molecular weight excluding hydrogens is 219 g/mol. The Balaban J connectivity index is 2.23. The fraction of sp³-hybridized carbons (Fsp3) is 0.273. The van der Waals surface area contributed by atoms with E-state index in [4.69, 9.17) is 0 Å². The van der Waals surface area contributed by atoms with E-state index in [0.29, 0.717) is 18.8 Å². The van der Waals surface area contributed by atoms with Gasteiger partial charge in [-0.2, -0.15) is 0 Å². The van der Waals surface area contributed by atoms with Crippen molar-refractivity contribution in [3.05, 3.63) is 36.4 Å². The fourth-order valence-corrected chi connectivity index (χ4v) is 1.60. The predicted molar refractivity (Wildman–Crippen MR) is 54.5 cm³/mol. The van der Waals surface area contributed by atoms with E-state index >= 15 is 0 Å². The number of halogens is 3. The highest BCUT2D eigenvalue weighted by atomic mass is 19.4. The first-order chi connectivity index (χ1) is 7.56. The van der Waals surface area contributed by atoms with E-state index in [1.807, 2.05) is 12.2 Å². The standard InChI is InChI=1S/C11H10F3NO/c12-11(13,14)16-10-6-2-1-5-9(10)15-7-3-4-8-15/h1-6H,7-8H2. The van der Waals surface area contributed by atoms with E-state index in [2.05, 4.69) is 4.74 Å². The van der Waals surface area contributed by atoms with Gasteiger partial charge in [-0.05, 0) is 12.1 Å². The van der Waals surface area contributed by atoms with Crippen LogP contribution in [0.25, 0.3) is 0 Å².